The first-order chi connectivity index (χ1) is 7.65. The van der Waals surface area contributed by atoms with Crippen LogP contribution < -0.4 is 5.32 Å². The van der Waals surface area contributed by atoms with Gasteiger partial charge in [0, 0.05) is 13.1 Å². The maximum atomic E-state index is 11.6. The molecule has 0 rings (SSSR count). The molecule has 0 aromatic carbocycles. The summed E-state index contributed by atoms with van der Waals surface area (Å²) in [5, 5.41) is 2.75. The van der Waals surface area contributed by atoms with Crippen molar-refractivity contribution in [1.29, 1.82) is 0 Å². The van der Waals surface area contributed by atoms with E-state index in [4.69, 9.17) is 0 Å². The first-order valence-electron chi connectivity index (χ1n) is 6.15. The minimum absolute atomic E-state index is 0.272. The van der Waals surface area contributed by atoms with Crippen molar-refractivity contribution in [2.24, 2.45) is 5.92 Å². The third-order valence-corrected chi connectivity index (χ3v) is 2.65. The van der Waals surface area contributed by atoms with Gasteiger partial charge in [0.1, 0.15) is 0 Å². The van der Waals surface area contributed by atoms with Crippen molar-refractivity contribution in [2.75, 3.05) is 13.1 Å². The fourth-order valence-electron chi connectivity index (χ4n) is 1.31. The Morgan fingerprint density at radius 1 is 1.38 bits per heavy atom. The van der Waals surface area contributed by atoms with Crippen LogP contribution in [-0.2, 0) is 4.79 Å². The smallest absolute Gasteiger partial charge is 0.323 e. The molecule has 0 aromatic rings. The molecule has 0 aliphatic rings. The lowest BCUT2D eigenvalue weighted by atomic mass is 10.1. The molecule has 94 valence electrons. The van der Waals surface area contributed by atoms with Gasteiger partial charge in [-0.15, -0.1) is 0 Å². The van der Waals surface area contributed by atoms with Gasteiger partial charge in [-0.2, -0.15) is 0 Å². The normalized spacial score (nSPS) is 11.9. The summed E-state index contributed by atoms with van der Waals surface area (Å²) in [6.45, 7) is 7.34. The van der Waals surface area contributed by atoms with E-state index in [-0.39, 0.29) is 6.03 Å². The van der Waals surface area contributed by atoms with Crippen LogP contribution in [0.1, 0.15) is 46.5 Å². The van der Waals surface area contributed by atoms with Crippen LogP contribution in [0.2, 0.25) is 0 Å². The average Bonchev–Trinajstić information content (AvgIpc) is 2.30. The molecule has 1 N–H and O–H groups in total. The Morgan fingerprint density at radius 3 is 2.56 bits per heavy atom. The van der Waals surface area contributed by atoms with Crippen molar-refractivity contribution in [1.82, 2.24) is 10.2 Å². The van der Waals surface area contributed by atoms with E-state index in [9.17, 15) is 9.59 Å². The lowest BCUT2D eigenvalue weighted by Crippen LogP contribution is -2.41. The minimum atomic E-state index is -0.272. The third-order valence-electron chi connectivity index (χ3n) is 2.65. The molecule has 0 aromatic heterocycles. The molecule has 0 spiro atoms. The first-order valence-corrected chi connectivity index (χ1v) is 6.15. The van der Waals surface area contributed by atoms with Crippen LogP contribution in [0.3, 0.4) is 0 Å². The standard InChI is InChI=1S/C12H24N2O2/c1-4-6-7-8-13-12(16)14(10-15)9-11(3)5-2/h10-11H,4-9H2,1-3H3,(H,13,16). The van der Waals surface area contributed by atoms with E-state index in [1.165, 1.54) is 4.90 Å². The number of rotatable bonds is 8. The van der Waals surface area contributed by atoms with Crippen molar-refractivity contribution in [3.05, 3.63) is 0 Å². The Bertz CT molecular complexity index is 207. The molecule has 4 heteroatoms. The molecule has 3 amide bonds. The zero-order chi connectivity index (χ0) is 12.4. The molecule has 1 unspecified atom stereocenters. The lowest BCUT2D eigenvalue weighted by Gasteiger charge is -2.19. The monoisotopic (exact) mass is 228 g/mol. The number of unbranched alkanes of at least 4 members (excludes halogenated alkanes) is 2. The summed E-state index contributed by atoms with van der Waals surface area (Å²) in [4.78, 5) is 23.5. The van der Waals surface area contributed by atoms with Crippen molar-refractivity contribution in [2.45, 2.75) is 46.5 Å². The van der Waals surface area contributed by atoms with Gasteiger partial charge in [0.25, 0.3) is 0 Å². The van der Waals surface area contributed by atoms with Crippen molar-refractivity contribution in [3.8, 4) is 0 Å². The molecule has 0 aliphatic heterocycles. The molecule has 4 nitrogen and oxygen atoms in total. The number of nitrogens with zero attached hydrogens (tertiary/aromatic N) is 1. The SMILES string of the molecule is CCCCCNC(=O)N(C=O)CC(C)CC. The highest BCUT2D eigenvalue weighted by molar-refractivity contribution is 5.84. The minimum Gasteiger partial charge on any atom is -0.338 e. The first kappa shape index (κ1) is 14.9. The fourth-order valence-corrected chi connectivity index (χ4v) is 1.31. The van der Waals surface area contributed by atoms with Gasteiger partial charge < -0.3 is 5.32 Å². The van der Waals surface area contributed by atoms with Gasteiger partial charge in [-0.05, 0) is 12.3 Å². The molecular formula is C12H24N2O2. The van der Waals surface area contributed by atoms with Gasteiger partial charge in [0.15, 0.2) is 0 Å². The molecule has 0 heterocycles. The number of urea groups is 1. The van der Waals surface area contributed by atoms with Gasteiger partial charge in [-0.1, -0.05) is 40.0 Å². The molecule has 0 saturated heterocycles. The van der Waals surface area contributed by atoms with Crippen LogP contribution in [0.25, 0.3) is 0 Å². The van der Waals surface area contributed by atoms with Crippen LogP contribution in [0.15, 0.2) is 0 Å². The van der Waals surface area contributed by atoms with Crippen LogP contribution in [0.4, 0.5) is 4.79 Å². The number of hydrogen-bond acceptors (Lipinski definition) is 2. The Hall–Kier alpha value is -1.06. The number of carbonyl (C=O) groups is 2. The predicted molar refractivity (Wildman–Crippen MR) is 65.1 cm³/mol. The summed E-state index contributed by atoms with van der Waals surface area (Å²) in [6, 6.07) is -0.272. The summed E-state index contributed by atoms with van der Waals surface area (Å²) in [5.74, 6) is 0.353. The van der Waals surface area contributed by atoms with Crippen LogP contribution in [-0.4, -0.2) is 30.4 Å². The molecule has 1 atom stereocenters. The molecule has 0 bridgehead atoms. The van der Waals surface area contributed by atoms with Crippen LogP contribution in [0, 0.1) is 5.92 Å². The highest BCUT2D eigenvalue weighted by Crippen LogP contribution is 2.03. The molecular weight excluding hydrogens is 204 g/mol. The molecule has 0 radical (unpaired) electrons. The van der Waals surface area contributed by atoms with E-state index < -0.39 is 0 Å². The maximum absolute atomic E-state index is 11.6. The topological polar surface area (TPSA) is 49.4 Å². The molecule has 16 heavy (non-hydrogen) atoms. The van der Waals surface area contributed by atoms with Crippen LogP contribution >= 0.6 is 0 Å². The lowest BCUT2D eigenvalue weighted by molar-refractivity contribution is -0.116. The molecule has 0 fully saturated rings. The third kappa shape index (κ3) is 6.43. The summed E-state index contributed by atoms with van der Waals surface area (Å²) >= 11 is 0. The van der Waals surface area contributed by atoms with Crippen molar-refractivity contribution in [3.63, 3.8) is 0 Å². The predicted octanol–water partition coefficient (Wildman–Crippen LogP) is 2.39. The fraction of sp³-hybridized carbons (Fsp3) is 0.833. The van der Waals surface area contributed by atoms with Crippen LogP contribution in [0.5, 0.6) is 0 Å². The number of imide groups is 1. The second-order valence-corrected chi connectivity index (χ2v) is 4.21. The van der Waals surface area contributed by atoms with E-state index in [0.29, 0.717) is 25.4 Å². The van der Waals surface area contributed by atoms with Crippen molar-refractivity contribution >= 4 is 12.4 Å². The second kappa shape index (κ2) is 9.19. The van der Waals surface area contributed by atoms with E-state index in [1.807, 2.05) is 13.8 Å². The Morgan fingerprint density at radius 2 is 2.06 bits per heavy atom. The zero-order valence-electron chi connectivity index (χ0n) is 10.7. The second-order valence-electron chi connectivity index (χ2n) is 4.21. The van der Waals surface area contributed by atoms with E-state index in [0.717, 1.165) is 25.7 Å². The summed E-state index contributed by atoms with van der Waals surface area (Å²) in [7, 11) is 0. The largest absolute Gasteiger partial charge is 0.338 e. The molecule has 0 saturated carbocycles. The van der Waals surface area contributed by atoms with E-state index in [2.05, 4.69) is 12.2 Å². The zero-order valence-corrected chi connectivity index (χ0v) is 10.7. The molecule has 0 aliphatic carbocycles. The summed E-state index contributed by atoms with van der Waals surface area (Å²) in [5.41, 5.74) is 0. The number of nitrogens with one attached hydrogen (secondary N) is 1. The van der Waals surface area contributed by atoms with E-state index >= 15 is 0 Å². The van der Waals surface area contributed by atoms with Gasteiger partial charge in [-0.3, -0.25) is 9.69 Å². The Balaban J connectivity index is 3.87. The van der Waals surface area contributed by atoms with Gasteiger partial charge >= 0.3 is 6.03 Å². The number of carbonyl (C=O) groups excluding carboxylic acids is 2. The highest BCUT2D eigenvalue weighted by atomic mass is 16.2. The Kier molecular flexibility index (Phi) is 8.58. The maximum Gasteiger partial charge on any atom is 0.323 e. The van der Waals surface area contributed by atoms with E-state index in [1.54, 1.807) is 0 Å². The number of hydrogen-bond donors (Lipinski definition) is 1. The van der Waals surface area contributed by atoms with Gasteiger partial charge in [-0.25, -0.2) is 4.79 Å². The summed E-state index contributed by atoms with van der Waals surface area (Å²) in [6.07, 6.45) is 4.78. The highest BCUT2D eigenvalue weighted by Gasteiger charge is 2.13. The number of amides is 3. The Labute approximate surface area is 98.4 Å². The quantitative estimate of drug-likeness (QED) is 0.512. The average molecular weight is 228 g/mol. The van der Waals surface area contributed by atoms with Gasteiger partial charge in [0.2, 0.25) is 6.41 Å². The van der Waals surface area contributed by atoms with Gasteiger partial charge in [0.05, 0.1) is 0 Å². The summed E-state index contributed by atoms with van der Waals surface area (Å²) < 4.78 is 0. The van der Waals surface area contributed by atoms with Crippen molar-refractivity contribution < 1.29 is 9.59 Å².